The van der Waals surface area contributed by atoms with Crippen molar-refractivity contribution in [1.82, 2.24) is 4.98 Å². The van der Waals surface area contributed by atoms with Crippen molar-refractivity contribution < 1.29 is 9.94 Å². The molecule has 1 heterocycles. The van der Waals surface area contributed by atoms with Crippen LogP contribution in [0.25, 0.3) is 0 Å². The molecular weight excluding hydrogens is 278 g/mol. The summed E-state index contributed by atoms with van der Waals surface area (Å²) in [5.74, 6) is 0.754. The van der Waals surface area contributed by atoms with Gasteiger partial charge in [-0.15, -0.1) is 0 Å². The number of rotatable bonds is 4. The van der Waals surface area contributed by atoms with E-state index in [2.05, 4.69) is 17.1 Å². The normalized spacial score (nSPS) is 11.4. The second kappa shape index (κ2) is 6.25. The van der Waals surface area contributed by atoms with E-state index in [0.29, 0.717) is 11.3 Å². The van der Waals surface area contributed by atoms with Gasteiger partial charge in [0.05, 0.1) is 0 Å². The number of benzene rings is 1. The maximum atomic E-state index is 8.70. The van der Waals surface area contributed by atoms with Crippen molar-refractivity contribution in [3.05, 3.63) is 52.7 Å². The van der Waals surface area contributed by atoms with Gasteiger partial charge in [-0.2, -0.15) is 0 Å². The molecule has 0 atom stereocenters. The minimum atomic E-state index is -0.0930. The molecule has 5 nitrogen and oxygen atoms in total. The zero-order valence-corrected chi connectivity index (χ0v) is 11.6. The summed E-state index contributed by atoms with van der Waals surface area (Å²) in [6, 6.07) is 9.18. The molecule has 0 amide bonds. The summed E-state index contributed by atoms with van der Waals surface area (Å²) >= 11 is 6.15. The molecule has 3 N–H and O–H groups in total. The van der Waals surface area contributed by atoms with E-state index >= 15 is 0 Å². The number of halogens is 1. The van der Waals surface area contributed by atoms with Gasteiger partial charge in [0.1, 0.15) is 10.8 Å². The summed E-state index contributed by atoms with van der Waals surface area (Å²) in [6.45, 7) is 2.06. The first-order valence-corrected chi connectivity index (χ1v) is 6.42. The fraction of sp³-hybridized carbons (Fsp3) is 0.143. The standard InChI is InChI=1S/C14H14ClN3O2/c1-2-9-4-3-5-10(8-9)20-14-12(15)11(6-7-17-14)13(16)18-19/h3-8,19H,2H2,1H3,(H2,16,18). The Morgan fingerprint density at radius 3 is 2.95 bits per heavy atom. The van der Waals surface area contributed by atoms with Gasteiger partial charge in [0.2, 0.25) is 5.88 Å². The number of hydrogen-bond donors (Lipinski definition) is 2. The van der Waals surface area contributed by atoms with Gasteiger partial charge in [0, 0.05) is 11.8 Å². The fourth-order valence-corrected chi connectivity index (χ4v) is 1.94. The zero-order valence-electron chi connectivity index (χ0n) is 10.9. The average Bonchev–Trinajstić information content (AvgIpc) is 2.49. The van der Waals surface area contributed by atoms with Crippen LogP contribution in [0.4, 0.5) is 0 Å². The molecule has 0 saturated carbocycles. The van der Waals surface area contributed by atoms with E-state index in [1.54, 1.807) is 6.07 Å². The topological polar surface area (TPSA) is 80.7 Å². The van der Waals surface area contributed by atoms with Gasteiger partial charge in [-0.1, -0.05) is 35.8 Å². The van der Waals surface area contributed by atoms with Gasteiger partial charge in [-0.3, -0.25) is 0 Å². The lowest BCUT2D eigenvalue weighted by Gasteiger charge is -2.09. The predicted molar refractivity (Wildman–Crippen MR) is 77.7 cm³/mol. The first-order valence-electron chi connectivity index (χ1n) is 6.05. The molecule has 0 radical (unpaired) electrons. The third-order valence-electron chi connectivity index (χ3n) is 2.76. The number of aryl methyl sites for hydroxylation is 1. The van der Waals surface area contributed by atoms with Gasteiger partial charge in [0.15, 0.2) is 5.84 Å². The van der Waals surface area contributed by atoms with E-state index in [1.807, 2.05) is 24.3 Å². The Labute approximate surface area is 121 Å². The highest BCUT2D eigenvalue weighted by Gasteiger charge is 2.13. The summed E-state index contributed by atoms with van der Waals surface area (Å²) in [5, 5.41) is 11.8. The van der Waals surface area contributed by atoms with Crippen LogP contribution in [0.15, 0.2) is 41.7 Å². The van der Waals surface area contributed by atoms with Crippen LogP contribution in [0.3, 0.4) is 0 Å². The van der Waals surface area contributed by atoms with Crippen molar-refractivity contribution in [2.45, 2.75) is 13.3 Å². The number of oxime groups is 1. The minimum absolute atomic E-state index is 0.0930. The smallest absolute Gasteiger partial charge is 0.238 e. The summed E-state index contributed by atoms with van der Waals surface area (Å²) in [7, 11) is 0. The lowest BCUT2D eigenvalue weighted by molar-refractivity contribution is 0.318. The average molecular weight is 292 g/mol. The number of pyridine rings is 1. The largest absolute Gasteiger partial charge is 0.438 e. The molecule has 0 aliphatic heterocycles. The van der Waals surface area contributed by atoms with E-state index < -0.39 is 0 Å². The van der Waals surface area contributed by atoms with Crippen LogP contribution in [-0.2, 0) is 6.42 Å². The van der Waals surface area contributed by atoms with E-state index in [-0.39, 0.29) is 16.7 Å². The van der Waals surface area contributed by atoms with Crippen LogP contribution in [-0.4, -0.2) is 16.0 Å². The van der Waals surface area contributed by atoms with Gasteiger partial charge in [-0.25, -0.2) is 4.98 Å². The number of ether oxygens (including phenoxy) is 1. The van der Waals surface area contributed by atoms with Crippen LogP contribution < -0.4 is 10.5 Å². The summed E-state index contributed by atoms with van der Waals surface area (Å²) in [5.41, 5.74) is 7.05. The molecule has 0 fully saturated rings. The summed E-state index contributed by atoms with van der Waals surface area (Å²) in [4.78, 5) is 4.06. The van der Waals surface area contributed by atoms with Crippen LogP contribution in [0.5, 0.6) is 11.6 Å². The summed E-state index contributed by atoms with van der Waals surface area (Å²) < 4.78 is 5.65. The van der Waals surface area contributed by atoms with E-state index in [9.17, 15) is 0 Å². The lowest BCUT2D eigenvalue weighted by atomic mass is 10.2. The Balaban J connectivity index is 2.34. The SMILES string of the molecule is CCc1cccc(Oc2nccc(/C(N)=N/O)c2Cl)c1. The molecule has 1 aromatic carbocycles. The molecule has 2 rings (SSSR count). The monoisotopic (exact) mass is 291 g/mol. The quantitative estimate of drug-likeness (QED) is 0.392. The Kier molecular flexibility index (Phi) is 4.42. The maximum absolute atomic E-state index is 8.70. The molecule has 0 unspecified atom stereocenters. The van der Waals surface area contributed by atoms with Gasteiger partial charge >= 0.3 is 0 Å². The minimum Gasteiger partial charge on any atom is -0.438 e. The highest BCUT2D eigenvalue weighted by Crippen LogP contribution is 2.30. The van der Waals surface area contributed by atoms with Crippen molar-refractivity contribution in [3.63, 3.8) is 0 Å². The predicted octanol–water partition coefficient (Wildman–Crippen LogP) is 3.18. The molecule has 20 heavy (non-hydrogen) atoms. The van der Waals surface area contributed by atoms with Gasteiger partial charge < -0.3 is 15.7 Å². The number of aromatic nitrogens is 1. The molecule has 1 aromatic heterocycles. The molecule has 6 heteroatoms. The third kappa shape index (κ3) is 3.00. The molecule has 0 spiro atoms. The Hall–Kier alpha value is -2.27. The fourth-order valence-electron chi connectivity index (χ4n) is 1.69. The highest BCUT2D eigenvalue weighted by molar-refractivity contribution is 6.35. The number of amidine groups is 1. The Bertz CT molecular complexity index is 644. The number of hydrogen-bond acceptors (Lipinski definition) is 4. The molecule has 0 bridgehead atoms. The molecule has 104 valence electrons. The molecule has 0 aliphatic carbocycles. The summed E-state index contributed by atoms with van der Waals surface area (Å²) in [6.07, 6.45) is 2.39. The van der Waals surface area contributed by atoms with Crippen LogP contribution >= 0.6 is 11.6 Å². The van der Waals surface area contributed by atoms with E-state index in [1.165, 1.54) is 6.20 Å². The van der Waals surface area contributed by atoms with Crippen molar-refractivity contribution >= 4 is 17.4 Å². The van der Waals surface area contributed by atoms with Crippen molar-refractivity contribution in [1.29, 1.82) is 0 Å². The first-order chi connectivity index (χ1) is 9.65. The van der Waals surface area contributed by atoms with Crippen molar-refractivity contribution in [2.24, 2.45) is 10.9 Å². The van der Waals surface area contributed by atoms with Crippen LogP contribution in [0, 0.1) is 0 Å². The number of nitrogens with zero attached hydrogens (tertiary/aromatic N) is 2. The third-order valence-corrected chi connectivity index (χ3v) is 3.13. The molecule has 0 aliphatic rings. The molecule has 2 aromatic rings. The van der Waals surface area contributed by atoms with Crippen molar-refractivity contribution in [2.75, 3.05) is 0 Å². The molecular formula is C14H14ClN3O2. The Morgan fingerprint density at radius 2 is 2.25 bits per heavy atom. The van der Waals surface area contributed by atoms with Crippen LogP contribution in [0.1, 0.15) is 18.1 Å². The second-order valence-corrected chi connectivity index (χ2v) is 4.44. The van der Waals surface area contributed by atoms with Crippen LogP contribution in [0.2, 0.25) is 5.02 Å². The van der Waals surface area contributed by atoms with Crippen molar-refractivity contribution in [3.8, 4) is 11.6 Å². The van der Waals surface area contributed by atoms with E-state index in [4.69, 9.17) is 27.3 Å². The molecule has 0 saturated heterocycles. The highest BCUT2D eigenvalue weighted by atomic mass is 35.5. The maximum Gasteiger partial charge on any atom is 0.238 e. The van der Waals surface area contributed by atoms with E-state index in [0.717, 1.165) is 12.0 Å². The lowest BCUT2D eigenvalue weighted by Crippen LogP contribution is -2.14. The first kappa shape index (κ1) is 14.1. The zero-order chi connectivity index (χ0) is 14.5. The Morgan fingerprint density at radius 1 is 1.45 bits per heavy atom. The van der Waals surface area contributed by atoms with Gasteiger partial charge in [0.25, 0.3) is 0 Å². The number of nitrogens with two attached hydrogens (primary N) is 1. The van der Waals surface area contributed by atoms with Gasteiger partial charge in [-0.05, 0) is 30.2 Å². The second-order valence-electron chi connectivity index (χ2n) is 4.07.